The molecule has 1 saturated carbocycles. The molecule has 2 nitrogen and oxygen atoms in total. The average molecular weight is 381 g/mol. The molecule has 0 bridgehead atoms. The maximum absolute atomic E-state index is 5.88. The van der Waals surface area contributed by atoms with Crippen molar-refractivity contribution < 1.29 is 9.47 Å². The van der Waals surface area contributed by atoms with Gasteiger partial charge in [0.25, 0.3) is 0 Å². The van der Waals surface area contributed by atoms with Crippen LogP contribution in [0.3, 0.4) is 0 Å². The van der Waals surface area contributed by atoms with Crippen LogP contribution in [0.15, 0.2) is 17.5 Å². The van der Waals surface area contributed by atoms with Crippen molar-refractivity contribution in [2.45, 2.75) is 77.2 Å². The fraction of sp³-hybridized carbons (Fsp3) is 0.778. The van der Waals surface area contributed by atoms with Gasteiger partial charge in [0, 0.05) is 30.9 Å². The lowest BCUT2D eigenvalue weighted by molar-refractivity contribution is -0.241. The van der Waals surface area contributed by atoms with E-state index in [0.29, 0.717) is 0 Å². The number of rotatable bonds is 5. The van der Waals surface area contributed by atoms with Crippen molar-refractivity contribution in [2.24, 2.45) is 0 Å². The van der Waals surface area contributed by atoms with Crippen molar-refractivity contribution in [3.8, 4) is 0 Å². The molecule has 1 aliphatic rings. The number of thiophene rings is 1. The molecule has 1 aromatic rings. The predicted octanol–water partition coefficient (Wildman–Crippen LogP) is 6.44. The molecule has 0 radical (unpaired) electrons. The summed E-state index contributed by atoms with van der Waals surface area (Å²) in [6, 6.07) is 4.21. The fourth-order valence-corrected chi connectivity index (χ4v) is 3.92. The van der Waals surface area contributed by atoms with Gasteiger partial charge < -0.3 is 9.47 Å². The van der Waals surface area contributed by atoms with E-state index in [2.05, 4.69) is 40.6 Å². The number of hydrogen-bond acceptors (Lipinski definition) is 3. The smallest absolute Gasteiger partial charge is 0.168 e. The quantitative estimate of drug-likeness (QED) is 0.432. The molecule has 23 heavy (non-hydrogen) atoms. The molecule has 0 amide bonds. The van der Waals surface area contributed by atoms with Crippen LogP contribution in [0.1, 0.15) is 70.1 Å². The second-order valence-corrected chi connectivity index (χ2v) is 7.12. The highest BCUT2D eigenvalue weighted by Gasteiger charge is 2.30. The Labute approximate surface area is 155 Å². The zero-order valence-corrected chi connectivity index (χ0v) is 17.5. The van der Waals surface area contributed by atoms with E-state index >= 15 is 0 Å². The van der Waals surface area contributed by atoms with E-state index in [-0.39, 0.29) is 18.2 Å². The van der Waals surface area contributed by atoms with Gasteiger partial charge in [-0.2, -0.15) is 0 Å². The number of hydrogen-bond donors (Lipinski definition) is 0. The number of ether oxygens (including phenoxy) is 2. The Hall–Kier alpha value is 0.340. The zero-order chi connectivity index (χ0) is 16.1. The van der Waals surface area contributed by atoms with Crippen LogP contribution in [0.25, 0.3) is 0 Å². The van der Waals surface area contributed by atoms with E-state index in [0.717, 1.165) is 32.2 Å². The van der Waals surface area contributed by atoms with Crippen molar-refractivity contribution in [3.63, 3.8) is 0 Å². The van der Waals surface area contributed by atoms with Crippen molar-refractivity contribution in [2.75, 3.05) is 13.2 Å². The molecule has 1 atom stereocenters. The van der Waals surface area contributed by atoms with Crippen LogP contribution >= 0.6 is 33.0 Å². The van der Waals surface area contributed by atoms with Gasteiger partial charge in [0.15, 0.2) is 5.79 Å². The van der Waals surface area contributed by atoms with Crippen LogP contribution in [-0.4, -0.2) is 19.0 Å². The average Bonchev–Trinajstić information content (AvgIpc) is 3.06. The molecule has 1 heterocycles. The fourth-order valence-electron chi connectivity index (χ4n) is 2.91. The monoisotopic (exact) mass is 380 g/mol. The molecule has 0 spiro atoms. The van der Waals surface area contributed by atoms with Crippen LogP contribution in [0, 0.1) is 0 Å². The normalized spacial score (nSPS) is 17.7. The molecule has 0 aliphatic heterocycles. The molecule has 5 heteroatoms. The minimum atomic E-state index is -0.256. The third kappa shape index (κ3) is 10.0. The molecular weight excluding hydrogens is 347 g/mol. The first-order valence-electron chi connectivity index (χ1n) is 8.76. The molecule has 0 N–H and O–H groups in total. The highest BCUT2D eigenvalue weighted by Crippen LogP contribution is 2.30. The van der Waals surface area contributed by atoms with E-state index in [1.165, 1.54) is 43.4 Å². The van der Waals surface area contributed by atoms with Crippen molar-refractivity contribution in [3.05, 3.63) is 22.4 Å². The first-order valence-corrected chi connectivity index (χ1v) is 10.5. The van der Waals surface area contributed by atoms with Crippen molar-refractivity contribution >= 4 is 33.0 Å². The first kappa shape index (κ1) is 23.3. The van der Waals surface area contributed by atoms with Gasteiger partial charge in [-0.1, -0.05) is 31.7 Å². The molecule has 136 valence electrons. The molecule has 0 saturated heterocycles. The minimum Gasteiger partial charge on any atom is -0.350 e. The summed E-state index contributed by atoms with van der Waals surface area (Å²) < 4.78 is 11.8. The van der Waals surface area contributed by atoms with Gasteiger partial charge in [-0.25, -0.2) is 0 Å². The van der Waals surface area contributed by atoms with Gasteiger partial charge in [-0.15, -0.1) is 33.0 Å². The van der Waals surface area contributed by atoms with E-state index in [4.69, 9.17) is 9.47 Å². The predicted molar refractivity (Wildman–Crippen MR) is 108 cm³/mol. The Bertz CT molecular complexity index is 342. The molecule has 1 aromatic heterocycles. The summed E-state index contributed by atoms with van der Waals surface area (Å²) >= 11 is 1.80. The molecule has 1 fully saturated rings. The second-order valence-electron chi connectivity index (χ2n) is 5.68. The van der Waals surface area contributed by atoms with Crippen LogP contribution < -0.4 is 0 Å². The van der Waals surface area contributed by atoms with Crippen LogP contribution in [-0.2, 0) is 15.6 Å². The Kier molecular flexibility index (Phi) is 14.9. The van der Waals surface area contributed by atoms with Gasteiger partial charge in [-0.05, 0) is 44.3 Å². The van der Waals surface area contributed by atoms with E-state index in [1.54, 1.807) is 11.3 Å². The largest absolute Gasteiger partial charge is 0.350 e. The van der Waals surface area contributed by atoms with E-state index < -0.39 is 0 Å². The third-order valence-corrected chi connectivity index (χ3v) is 5.60. The topological polar surface area (TPSA) is 18.5 Å². The van der Waals surface area contributed by atoms with Crippen molar-refractivity contribution in [1.29, 1.82) is 0 Å². The maximum atomic E-state index is 5.88. The van der Waals surface area contributed by atoms with Gasteiger partial charge >= 0.3 is 0 Å². The van der Waals surface area contributed by atoms with Gasteiger partial charge in [-0.3, -0.25) is 0 Å². The molecule has 0 aromatic carbocycles. The maximum Gasteiger partial charge on any atom is 0.168 e. The highest BCUT2D eigenvalue weighted by molar-refractivity contribution is 7.18. The van der Waals surface area contributed by atoms with Crippen LogP contribution in [0.2, 0.25) is 0 Å². The van der Waals surface area contributed by atoms with E-state index in [9.17, 15) is 0 Å². The SMILES string of the molecule is CCOC1(OCC)CCCCCCCC1.Cl.PCc1cccs1. The van der Waals surface area contributed by atoms with E-state index in [1.807, 2.05) is 0 Å². The summed E-state index contributed by atoms with van der Waals surface area (Å²) in [7, 11) is 2.69. The first-order chi connectivity index (χ1) is 10.8. The Balaban J connectivity index is 0.000000509. The zero-order valence-electron chi connectivity index (χ0n) is 14.7. The number of halogens is 1. The van der Waals surface area contributed by atoms with Crippen LogP contribution in [0.4, 0.5) is 0 Å². The second kappa shape index (κ2) is 14.7. The third-order valence-electron chi connectivity index (χ3n) is 3.96. The van der Waals surface area contributed by atoms with Gasteiger partial charge in [0.05, 0.1) is 0 Å². The lowest BCUT2D eigenvalue weighted by atomic mass is 10.0. The molecule has 1 unspecified atom stereocenters. The summed E-state index contributed by atoms with van der Waals surface area (Å²) in [6.45, 7) is 5.65. The van der Waals surface area contributed by atoms with Crippen molar-refractivity contribution in [1.82, 2.24) is 0 Å². The molecule has 2 rings (SSSR count). The Morgan fingerprint density at radius 3 is 1.87 bits per heavy atom. The molecular formula is C18H34ClO2PS. The van der Waals surface area contributed by atoms with Gasteiger partial charge in [0.1, 0.15) is 0 Å². The summed E-state index contributed by atoms with van der Waals surface area (Å²) in [5.74, 6) is -0.256. The summed E-state index contributed by atoms with van der Waals surface area (Å²) in [5, 5.41) is 2.10. The minimum absolute atomic E-state index is 0. The van der Waals surface area contributed by atoms with Crippen LogP contribution in [0.5, 0.6) is 0 Å². The summed E-state index contributed by atoms with van der Waals surface area (Å²) in [5.41, 5.74) is 0. The summed E-state index contributed by atoms with van der Waals surface area (Å²) in [4.78, 5) is 1.44. The summed E-state index contributed by atoms with van der Waals surface area (Å²) in [6.07, 6.45) is 11.2. The molecule has 1 aliphatic carbocycles. The Morgan fingerprint density at radius 2 is 1.52 bits per heavy atom. The highest BCUT2D eigenvalue weighted by atomic mass is 35.5. The Morgan fingerprint density at radius 1 is 1.00 bits per heavy atom. The lowest BCUT2D eigenvalue weighted by Crippen LogP contribution is -2.36. The standard InChI is InChI=1S/C13H26O2.C5H7PS.ClH/c1-3-14-13(15-4-2)11-9-7-5-6-8-10-12-13;6-4-5-2-1-3-7-5;/h3-12H2,1-2H3;1-3H,4,6H2;1H. The lowest BCUT2D eigenvalue weighted by Gasteiger charge is -2.33. The van der Waals surface area contributed by atoms with Gasteiger partial charge in [0.2, 0.25) is 0 Å².